The Hall–Kier alpha value is -1.49. The smallest absolute Gasteiger partial charge is 0.355 e. The number of fused-ring (bicyclic) bond motifs is 1. The highest BCUT2D eigenvalue weighted by Gasteiger charge is 2.49. The summed E-state index contributed by atoms with van der Waals surface area (Å²) < 4.78 is 0. The number of carboxylic acids is 1. The van der Waals surface area contributed by atoms with Gasteiger partial charge in [-0.2, -0.15) is 0 Å². The van der Waals surface area contributed by atoms with Gasteiger partial charge in [-0.1, -0.05) is 13.8 Å². The topological polar surface area (TPSA) is 63.1 Å². The molecule has 5 heteroatoms. The van der Waals surface area contributed by atoms with Crippen molar-refractivity contribution in [3.63, 3.8) is 0 Å². The molecule has 2 heterocycles. The third-order valence-corrected chi connectivity index (χ3v) is 5.17. The number of aromatic nitrogens is 2. The fraction of sp³-hybridized carbons (Fsp3) is 0.500. The fourth-order valence-electron chi connectivity index (χ4n) is 2.48. The van der Waals surface area contributed by atoms with Crippen molar-refractivity contribution >= 4 is 27.5 Å². The minimum atomic E-state index is -0.965. The van der Waals surface area contributed by atoms with E-state index in [1.807, 2.05) is 13.8 Å². The van der Waals surface area contributed by atoms with Crippen LogP contribution in [0, 0.1) is 19.3 Å². The Labute approximate surface area is 115 Å². The number of nitrogens with zero attached hydrogens (tertiary/aromatic N) is 2. The van der Waals surface area contributed by atoms with Crippen LogP contribution in [-0.4, -0.2) is 21.0 Å². The molecule has 3 rings (SSSR count). The van der Waals surface area contributed by atoms with Gasteiger partial charge in [0.25, 0.3) is 0 Å². The van der Waals surface area contributed by atoms with E-state index in [4.69, 9.17) is 0 Å². The molecule has 1 unspecified atom stereocenters. The normalized spacial score (nSPS) is 20.7. The number of aryl methyl sites for hydroxylation is 2. The van der Waals surface area contributed by atoms with Gasteiger partial charge >= 0.3 is 5.97 Å². The fourth-order valence-corrected chi connectivity index (χ4v) is 3.52. The van der Waals surface area contributed by atoms with Gasteiger partial charge in [0.05, 0.1) is 0 Å². The van der Waals surface area contributed by atoms with E-state index < -0.39 is 5.97 Å². The van der Waals surface area contributed by atoms with E-state index in [9.17, 15) is 9.90 Å². The molecule has 1 fully saturated rings. The lowest BCUT2D eigenvalue weighted by atomic mass is 10.1. The lowest BCUT2D eigenvalue weighted by molar-refractivity contribution is 0.0692. The Morgan fingerprint density at radius 3 is 2.53 bits per heavy atom. The number of thiophene rings is 1. The maximum atomic E-state index is 11.4. The first-order valence-corrected chi connectivity index (χ1v) is 7.14. The van der Waals surface area contributed by atoms with Crippen LogP contribution in [0.15, 0.2) is 0 Å². The Balaban J connectivity index is 2.26. The molecule has 4 nitrogen and oxygen atoms in total. The first-order valence-electron chi connectivity index (χ1n) is 6.32. The summed E-state index contributed by atoms with van der Waals surface area (Å²) in [5.41, 5.74) is 1.34. The lowest BCUT2D eigenvalue weighted by Crippen LogP contribution is -2.07. The van der Waals surface area contributed by atoms with Crippen molar-refractivity contribution < 1.29 is 9.90 Å². The highest BCUT2D eigenvalue weighted by molar-refractivity contribution is 7.18. The molecule has 100 valence electrons. The number of carboxylic acid groups (broad SMARTS) is 1. The second-order valence-electron chi connectivity index (χ2n) is 5.94. The molecule has 1 atom stereocenters. The van der Waals surface area contributed by atoms with E-state index in [-0.39, 0.29) is 17.0 Å². The molecule has 1 aliphatic carbocycles. The summed E-state index contributed by atoms with van der Waals surface area (Å²) in [6.07, 6.45) is 1.03. The molecule has 0 saturated heterocycles. The third kappa shape index (κ3) is 1.84. The number of aromatic carboxylic acids is 1. The zero-order valence-electron chi connectivity index (χ0n) is 11.4. The molecule has 0 amide bonds. The van der Waals surface area contributed by atoms with Gasteiger partial charge in [-0.25, -0.2) is 14.8 Å². The Bertz CT molecular complexity index is 703. The van der Waals surface area contributed by atoms with Crippen LogP contribution in [0.3, 0.4) is 0 Å². The zero-order chi connectivity index (χ0) is 13.9. The molecule has 0 bridgehead atoms. The summed E-state index contributed by atoms with van der Waals surface area (Å²) >= 11 is 1.56. The van der Waals surface area contributed by atoms with Crippen molar-refractivity contribution in [2.24, 2.45) is 5.41 Å². The largest absolute Gasteiger partial charge is 0.476 e. The van der Waals surface area contributed by atoms with Crippen LogP contribution in [0.4, 0.5) is 0 Å². The molecule has 0 aromatic carbocycles. The predicted octanol–water partition coefficient (Wildman–Crippen LogP) is 3.52. The standard InChI is InChI=1S/C14H16N2O2S/c1-6-7(2)19-12-9(6)10(13(17)18)15-11(16-12)8-5-14(8,3)4/h8H,5H2,1-4H3,(H,17,18). The van der Waals surface area contributed by atoms with Gasteiger partial charge in [0.1, 0.15) is 10.7 Å². The number of rotatable bonds is 2. The van der Waals surface area contributed by atoms with Crippen molar-refractivity contribution in [1.82, 2.24) is 9.97 Å². The summed E-state index contributed by atoms with van der Waals surface area (Å²) in [4.78, 5) is 22.3. The van der Waals surface area contributed by atoms with Crippen LogP contribution in [0.25, 0.3) is 10.2 Å². The molecule has 1 aliphatic rings. The number of carbonyl (C=O) groups is 1. The lowest BCUT2D eigenvalue weighted by Gasteiger charge is -2.05. The van der Waals surface area contributed by atoms with Gasteiger partial charge in [0.15, 0.2) is 5.69 Å². The maximum absolute atomic E-state index is 11.4. The van der Waals surface area contributed by atoms with Gasteiger partial charge in [0.2, 0.25) is 0 Å². The molecule has 2 aromatic rings. The van der Waals surface area contributed by atoms with Crippen molar-refractivity contribution in [3.05, 3.63) is 22.0 Å². The number of hydrogen-bond donors (Lipinski definition) is 1. The third-order valence-electron chi connectivity index (χ3n) is 4.07. The SMILES string of the molecule is Cc1sc2nc(C3CC3(C)C)nc(C(=O)O)c2c1C. The molecule has 0 aliphatic heterocycles. The van der Waals surface area contributed by atoms with E-state index in [1.165, 1.54) is 0 Å². The molecule has 1 N–H and O–H groups in total. The Kier molecular flexibility index (Phi) is 2.48. The molecular formula is C14H16N2O2S. The average molecular weight is 276 g/mol. The molecular weight excluding hydrogens is 260 g/mol. The van der Waals surface area contributed by atoms with Crippen LogP contribution in [0.5, 0.6) is 0 Å². The first-order chi connectivity index (χ1) is 8.81. The van der Waals surface area contributed by atoms with E-state index in [0.717, 1.165) is 21.7 Å². The second-order valence-corrected chi connectivity index (χ2v) is 7.15. The van der Waals surface area contributed by atoms with Gasteiger partial charge < -0.3 is 5.11 Å². The van der Waals surface area contributed by atoms with E-state index in [0.29, 0.717) is 11.2 Å². The van der Waals surface area contributed by atoms with Crippen LogP contribution >= 0.6 is 11.3 Å². The minimum Gasteiger partial charge on any atom is -0.476 e. The summed E-state index contributed by atoms with van der Waals surface area (Å²) in [6.45, 7) is 8.26. The van der Waals surface area contributed by atoms with Crippen molar-refractivity contribution in [2.75, 3.05) is 0 Å². The maximum Gasteiger partial charge on any atom is 0.355 e. The van der Waals surface area contributed by atoms with Crippen LogP contribution in [-0.2, 0) is 0 Å². The zero-order valence-corrected chi connectivity index (χ0v) is 12.3. The Morgan fingerprint density at radius 2 is 2.00 bits per heavy atom. The van der Waals surface area contributed by atoms with Crippen molar-refractivity contribution in [2.45, 2.75) is 40.0 Å². The molecule has 19 heavy (non-hydrogen) atoms. The van der Waals surface area contributed by atoms with Gasteiger partial charge in [0, 0.05) is 16.2 Å². The van der Waals surface area contributed by atoms with Crippen molar-refractivity contribution in [1.29, 1.82) is 0 Å². The molecule has 2 aromatic heterocycles. The summed E-state index contributed by atoms with van der Waals surface area (Å²) in [5.74, 6) is 0.0156. The van der Waals surface area contributed by atoms with Gasteiger partial charge in [-0.05, 0) is 31.2 Å². The summed E-state index contributed by atoms with van der Waals surface area (Å²) in [7, 11) is 0. The first kappa shape index (κ1) is 12.5. The Morgan fingerprint density at radius 1 is 1.37 bits per heavy atom. The van der Waals surface area contributed by atoms with Gasteiger partial charge in [-0.3, -0.25) is 0 Å². The second kappa shape index (κ2) is 3.76. The quantitative estimate of drug-likeness (QED) is 0.911. The predicted molar refractivity (Wildman–Crippen MR) is 75.0 cm³/mol. The van der Waals surface area contributed by atoms with E-state index in [2.05, 4.69) is 23.8 Å². The van der Waals surface area contributed by atoms with E-state index in [1.54, 1.807) is 11.3 Å². The van der Waals surface area contributed by atoms with Crippen LogP contribution in [0.1, 0.15) is 52.9 Å². The van der Waals surface area contributed by atoms with Crippen LogP contribution < -0.4 is 0 Å². The molecule has 0 spiro atoms. The summed E-state index contributed by atoms with van der Waals surface area (Å²) in [6, 6.07) is 0. The van der Waals surface area contributed by atoms with Gasteiger partial charge in [-0.15, -0.1) is 11.3 Å². The van der Waals surface area contributed by atoms with Crippen molar-refractivity contribution in [3.8, 4) is 0 Å². The minimum absolute atomic E-state index is 0.157. The molecule has 1 saturated carbocycles. The highest BCUT2D eigenvalue weighted by atomic mass is 32.1. The monoisotopic (exact) mass is 276 g/mol. The van der Waals surface area contributed by atoms with E-state index >= 15 is 0 Å². The summed E-state index contributed by atoms with van der Waals surface area (Å²) in [5, 5.41) is 10.1. The molecule has 0 radical (unpaired) electrons. The average Bonchev–Trinajstić information content (AvgIpc) is 2.86. The highest BCUT2D eigenvalue weighted by Crippen LogP contribution is 2.57. The van der Waals surface area contributed by atoms with Crippen LogP contribution in [0.2, 0.25) is 0 Å². The number of hydrogen-bond acceptors (Lipinski definition) is 4.